The van der Waals surface area contributed by atoms with Crippen molar-refractivity contribution in [2.75, 3.05) is 19.6 Å². The Hall–Kier alpha value is -2.83. The van der Waals surface area contributed by atoms with Crippen LogP contribution < -0.4 is 16.0 Å². The summed E-state index contributed by atoms with van der Waals surface area (Å²) in [4.78, 5) is 16.2. The average molecular weight is 360 g/mol. The number of benzene rings is 1. The highest BCUT2D eigenvalue weighted by molar-refractivity contribution is 5.91. The number of carbonyl (C=O) groups excluding carboxylic acids is 1. The van der Waals surface area contributed by atoms with E-state index in [0.717, 1.165) is 5.56 Å². The van der Waals surface area contributed by atoms with Crippen LogP contribution in [0.3, 0.4) is 0 Å². The molecular formula is C19H25FN4O2. The number of amides is 1. The van der Waals surface area contributed by atoms with Gasteiger partial charge in [-0.3, -0.25) is 9.79 Å². The van der Waals surface area contributed by atoms with Crippen LogP contribution in [0.15, 0.2) is 46.0 Å². The van der Waals surface area contributed by atoms with Crippen LogP contribution in [0, 0.1) is 12.7 Å². The summed E-state index contributed by atoms with van der Waals surface area (Å²) in [6.45, 7) is 7.11. The fourth-order valence-corrected chi connectivity index (χ4v) is 2.32. The highest BCUT2D eigenvalue weighted by atomic mass is 19.1. The molecule has 0 aliphatic carbocycles. The minimum Gasteiger partial charge on any atom is -0.459 e. The summed E-state index contributed by atoms with van der Waals surface area (Å²) in [5.41, 5.74) is 1.46. The molecule has 0 saturated carbocycles. The van der Waals surface area contributed by atoms with Crippen molar-refractivity contribution in [2.24, 2.45) is 4.99 Å². The smallest absolute Gasteiger partial charge is 0.287 e. The third kappa shape index (κ3) is 5.61. The molecule has 0 aliphatic heterocycles. The number of nitrogens with one attached hydrogen (secondary N) is 3. The molecule has 0 aliphatic rings. The Balaban J connectivity index is 1.89. The van der Waals surface area contributed by atoms with Gasteiger partial charge in [-0.15, -0.1) is 0 Å². The van der Waals surface area contributed by atoms with Crippen molar-refractivity contribution in [1.29, 1.82) is 0 Å². The van der Waals surface area contributed by atoms with Crippen LogP contribution in [0.1, 0.15) is 41.6 Å². The molecule has 0 spiro atoms. The van der Waals surface area contributed by atoms with Crippen LogP contribution in [0.4, 0.5) is 4.39 Å². The van der Waals surface area contributed by atoms with E-state index in [1.54, 1.807) is 25.1 Å². The van der Waals surface area contributed by atoms with Gasteiger partial charge in [0.05, 0.1) is 18.8 Å². The molecule has 26 heavy (non-hydrogen) atoms. The first-order chi connectivity index (χ1) is 12.5. The van der Waals surface area contributed by atoms with Crippen molar-refractivity contribution in [2.45, 2.75) is 26.8 Å². The lowest BCUT2D eigenvalue weighted by atomic mass is 10.1. The fourth-order valence-electron chi connectivity index (χ4n) is 2.32. The standard InChI is InChI=1S/C19H25FN4O2/c1-4-21-19(23-10-9-22-18(25)17-6-5-11-26-17)24-14(3)15-8-7-13(2)16(20)12-15/h5-8,11-12,14H,4,9-10H2,1-3H3,(H,22,25)(H2,21,23,24). The molecule has 140 valence electrons. The Morgan fingerprint density at radius 3 is 2.77 bits per heavy atom. The summed E-state index contributed by atoms with van der Waals surface area (Å²) in [5.74, 6) is 0.382. The maximum absolute atomic E-state index is 13.7. The summed E-state index contributed by atoms with van der Waals surface area (Å²) >= 11 is 0. The van der Waals surface area contributed by atoms with Crippen molar-refractivity contribution in [1.82, 2.24) is 16.0 Å². The van der Waals surface area contributed by atoms with E-state index in [1.165, 1.54) is 12.3 Å². The SMILES string of the molecule is CCNC(=NCCNC(=O)c1ccco1)NC(C)c1ccc(C)c(F)c1. The van der Waals surface area contributed by atoms with E-state index in [9.17, 15) is 9.18 Å². The van der Waals surface area contributed by atoms with E-state index in [2.05, 4.69) is 20.9 Å². The molecule has 2 aromatic rings. The highest BCUT2D eigenvalue weighted by Gasteiger charge is 2.10. The molecule has 2 rings (SSSR count). The van der Waals surface area contributed by atoms with Gasteiger partial charge in [0.1, 0.15) is 5.82 Å². The lowest BCUT2D eigenvalue weighted by molar-refractivity contribution is 0.0927. The van der Waals surface area contributed by atoms with Crippen molar-refractivity contribution in [3.63, 3.8) is 0 Å². The summed E-state index contributed by atoms with van der Waals surface area (Å²) in [7, 11) is 0. The second-order valence-corrected chi connectivity index (χ2v) is 5.87. The summed E-state index contributed by atoms with van der Waals surface area (Å²) in [5, 5.41) is 9.11. The van der Waals surface area contributed by atoms with Crippen molar-refractivity contribution >= 4 is 11.9 Å². The summed E-state index contributed by atoms with van der Waals surface area (Å²) < 4.78 is 18.8. The third-order valence-corrected chi connectivity index (χ3v) is 3.81. The fraction of sp³-hybridized carbons (Fsp3) is 0.368. The first-order valence-corrected chi connectivity index (χ1v) is 8.64. The number of rotatable bonds is 7. The van der Waals surface area contributed by atoms with Crippen LogP contribution in [0.5, 0.6) is 0 Å². The molecule has 0 bridgehead atoms. The van der Waals surface area contributed by atoms with Crippen LogP contribution >= 0.6 is 0 Å². The number of hydrogen-bond donors (Lipinski definition) is 3. The van der Waals surface area contributed by atoms with E-state index < -0.39 is 0 Å². The summed E-state index contributed by atoms with van der Waals surface area (Å²) in [6.07, 6.45) is 1.45. The second-order valence-electron chi connectivity index (χ2n) is 5.87. The molecule has 7 heteroatoms. The molecule has 0 fully saturated rings. The predicted octanol–water partition coefficient (Wildman–Crippen LogP) is 2.77. The highest BCUT2D eigenvalue weighted by Crippen LogP contribution is 2.16. The number of halogens is 1. The van der Waals surface area contributed by atoms with Crippen LogP contribution in [0.25, 0.3) is 0 Å². The lowest BCUT2D eigenvalue weighted by Crippen LogP contribution is -2.39. The average Bonchev–Trinajstić information content (AvgIpc) is 3.15. The Morgan fingerprint density at radius 2 is 2.12 bits per heavy atom. The number of carbonyl (C=O) groups is 1. The van der Waals surface area contributed by atoms with E-state index in [-0.39, 0.29) is 23.5 Å². The van der Waals surface area contributed by atoms with E-state index in [1.807, 2.05) is 19.9 Å². The van der Waals surface area contributed by atoms with Gasteiger partial charge >= 0.3 is 0 Å². The van der Waals surface area contributed by atoms with Gasteiger partial charge in [-0.2, -0.15) is 0 Å². The molecule has 1 amide bonds. The number of furan rings is 1. The zero-order valence-corrected chi connectivity index (χ0v) is 15.3. The monoisotopic (exact) mass is 360 g/mol. The molecule has 0 saturated heterocycles. The van der Waals surface area contributed by atoms with Gasteiger partial charge in [0.2, 0.25) is 0 Å². The lowest BCUT2D eigenvalue weighted by Gasteiger charge is -2.18. The molecule has 1 aromatic carbocycles. The molecule has 1 aromatic heterocycles. The second kappa shape index (κ2) is 9.60. The summed E-state index contributed by atoms with van der Waals surface area (Å²) in [6, 6.07) is 8.34. The maximum atomic E-state index is 13.7. The molecule has 0 radical (unpaired) electrons. The third-order valence-electron chi connectivity index (χ3n) is 3.81. The number of nitrogens with zero attached hydrogens (tertiary/aromatic N) is 1. The molecule has 1 atom stereocenters. The van der Waals surface area contributed by atoms with Crippen LogP contribution in [-0.4, -0.2) is 31.5 Å². The Bertz CT molecular complexity index is 744. The number of aryl methyl sites for hydroxylation is 1. The first-order valence-electron chi connectivity index (χ1n) is 8.64. The zero-order chi connectivity index (χ0) is 18.9. The van der Waals surface area contributed by atoms with Gasteiger partial charge < -0.3 is 20.4 Å². The van der Waals surface area contributed by atoms with E-state index in [4.69, 9.17) is 4.42 Å². The minimum absolute atomic E-state index is 0.111. The Morgan fingerprint density at radius 1 is 1.31 bits per heavy atom. The van der Waals surface area contributed by atoms with Gasteiger partial charge in [-0.1, -0.05) is 12.1 Å². The maximum Gasteiger partial charge on any atom is 0.287 e. The van der Waals surface area contributed by atoms with Gasteiger partial charge in [-0.05, 0) is 50.1 Å². The Kier molecular flexibility index (Phi) is 7.20. The zero-order valence-electron chi connectivity index (χ0n) is 15.3. The topological polar surface area (TPSA) is 78.7 Å². The quantitative estimate of drug-likeness (QED) is 0.403. The minimum atomic E-state index is -0.272. The number of guanidine groups is 1. The van der Waals surface area contributed by atoms with Crippen molar-refractivity contribution < 1.29 is 13.6 Å². The normalized spacial score (nSPS) is 12.5. The Labute approximate surface area is 152 Å². The predicted molar refractivity (Wildman–Crippen MR) is 99.7 cm³/mol. The molecule has 1 heterocycles. The molecule has 1 unspecified atom stereocenters. The van der Waals surface area contributed by atoms with Gasteiger partial charge in [-0.25, -0.2) is 4.39 Å². The van der Waals surface area contributed by atoms with Crippen molar-refractivity contribution in [3.8, 4) is 0 Å². The van der Waals surface area contributed by atoms with Crippen molar-refractivity contribution in [3.05, 3.63) is 59.3 Å². The van der Waals surface area contributed by atoms with Gasteiger partial charge in [0.15, 0.2) is 11.7 Å². The molecule has 3 N–H and O–H groups in total. The molecular weight excluding hydrogens is 335 g/mol. The van der Waals surface area contributed by atoms with Crippen LogP contribution in [0.2, 0.25) is 0 Å². The van der Waals surface area contributed by atoms with E-state index in [0.29, 0.717) is 31.2 Å². The van der Waals surface area contributed by atoms with Crippen LogP contribution in [-0.2, 0) is 0 Å². The number of hydrogen-bond acceptors (Lipinski definition) is 3. The van der Waals surface area contributed by atoms with Gasteiger partial charge in [0.25, 0.3) is 5.91 Å². The number of aliphatic imine (C=N–C) groups is 1. The largest absolute Gasteiger partial charge is 0.459 e. The molecule has 6 nitrogen and oxygen atoms in total. The van der Waals surface area contributed by atoms with Gasteiger partial charge in [0, 0.05) is 13.1 Å². The van der Waals surface area contributed by atoms with E-state index >= 15 is 0 Å². The first kappa shape index (κ1) is 19.5.